The van der Waals surface area contributed by atoms with Gasteiger partial charge in [-0.1, -0.05) is 6.07 Å². The Labute approximate surface area is 109 Å². The Morgan fingerprint density at radius 1 is 1.33 bits per heavy atom. The number of ether oxygens (including phenoxy) is 1. The summed E-state index contributed by atoms with van der Waals surface area (Å²) in [6.45, 7) is 0. The molecule has 1 aliphatic rings. The number of ketones is 1. The van der Waals surface area contributed by atoms with E-state index in [-0.39, 0.29) is 5.78 Å². The highest BCUT2D eigenvalue weighted by Crippen LogP contribution is 2.34. The lowest BCUT2D eigenvalue weighted by Gasteiger charge is -2.01. The predicted molar refractivity (Wildman–Crippen MR) is 70.1 cm³/mol. The number of carbonyl (C=O) groups is 1. The summed E-state index contributed by atoms with van der Waals surface area (Å²) in [5.74, 6) is 1.13. The Hall–Kier alpha value is -2.01. The Bertz CT molecular complexity index is 632. The van der Waals surface area contributed by atoms with Crippen molar-refractivity contribution in [1.29, 1.82) is 0 Å². The summed E-state index contributed by atoms with van der Waals surface area (Å²) in [6.07, 6.45) is 1.73. The molecular formula is C13H7BO3S. The lowest BCUT2D eigenvalue weighted by molar-refractivity contribution is 0.101. The van der Waals surface area contributed by atoms with E-state index in [1.165, 1.54) is 0 Å². The van der Waals surface area contributed by atoms with E-state index in [4.69, 9.17) is 12.8 Å². The number of benzene rings is 1. The van der Waals surface area contributed by atoms with E-state index in [0.717, 1.165) is 4.88 Å². The van der Waals surface area contributed by atoms with Crippen LogP contribution in [-0.2, 0) is 0 Å². The van der Waals surface area contributed by atoms with Crippen LogP contribution in [0.5, 0.6) is 11.5 Å². The van der Waals surface area contributed by atoms with Crippen molar-refractivity contribution < 1.29 is 14.2 Å². The van der Waals surface area contributed by atoms with E-state index in [1.807, 2.05) is 17.5 Å². The maximum Gasteiger partial charge on any atom is 0.374 e. The van der Waals surface area contributed by atoms with Crippen molar-refractivity contribution in [2.45, 2.75) is 0 Å². The van der Waals surface area contributed by atoms with Crippen LogP contribution in [0.15, 0.2) is 41.5 Å². The summed E-state index contributed by atoms with van der Waals surface area (Å²) in [6, 6.07) is 8.72. The van der Waals surface area contributed by atoms with Crippen molar-refractivity contribution in [3.05, 3.63) is 51.9 Å². The predicted octanol–water partition coefficient (Wildman–Crippen LogP) is 2.83. The van der Waals surface area contributed by atoms with Crippen LogP contribution in [0, 0.1) is 0 Å². The van der Waals surface area contributed by atoms with Crippen molar-refractivity contribution in [3.63, 3.8) is 0 Å². The molecule has 5 heteroatoms. The molecule has 0 atom stereocenters. The fraction of sp³-hybridized carbons (Fsp3) is 0. The summed E-state index contributed by atoms with van der Waals surface area (Å²) in [5.41, 5.74) is 0.526. The summed E-state index contributed by atoms with van der Waals surface area (Å²) >= 11 is 1.54. The van der Waals surface area contributed by atoms with Gasteiger partial charge in [0, 0.05) is 17.0 Å². The van der Waals surface area contributed by atoms with Gasteiger partial charge in [-0.2, -0.15) is 0 Å². The fourth-order valence-electron chi connectivity index (χ4n) is 1.74. The number of Topliss-reactive ketones (excluding diaryl/α,β-unsaturated/α-hetero) is 1. The zero-order valence-electron chi connectivity index (χ0n) is 9.25. The minimum atomic E-state index is -0.123. The van der Waals surface area contributed by atoms with Gasteiger partial charge in [0.2, 0.25) is 5.78 Å². The van der Waals surface area contributed by atoms with Crippen molar-refractivity contribution in [2.24, 2.45) is 0 Å². The summed E-state index contributed by atoms with van der Waals surface area (Å²) in [4.78, 5) is 13.0. The van der Waals surface area contributed by atoms with E-state index in [2.05, 4.69) is 4.65 Å². The lowest BCUT2D eigenvalue weighted by Crippen LogP contribution is -1.97. The highest BCUT2D eigenvalue weighted by Gasteiger charge is 2.27. The van der Waals surface area contributed by atoms with Gasteiger partial charge < -0.3 is 9.39 Å². The summed E-state index contributed by atoms with van der Waals surface area (Å²) < 4.78 is 10.1. The minimum absolute atomic E-state index is 0.123. The maximum absolute atomic E-state index is 12.1. The van der Waals surface area contributed by atoms with Gasteiger partial charge in [0.25, 0.3) is 0 Å². The first-order valence-corrected chi connectivity index (χ1v) is 6.14. The van der Waals surface area contributed by atoms with E-state index >= 15 is 0 Å². The monoisotopic (exact) mass is 254 g/mol. The van der Waals surface area contributed by atoms with E-state index in [0.29, 0.717) is 22.8 Å². The van der Waals surface area contributed by atoms with Crippen molar-refractivity contribution in [1.82, 2.24) is 0 Å². The molecule has 3 nitrogen and oxygen atoms in total. The molecule has 2 aromatic rings. The summed E-state index contributed by atoms with van der Waals surface area (Å²) in [7, 11) is 5.07. The standard InChI is InChI=1S/C13H7BO3S/c14-17-8-3-4-10-11(6-8)16-12(13(10)15)7-9-2-1-5-18-9/h1-7H/b12-7-. The highest BCUT2D eigenvalue weighted by atomic mass is 32.1. The molecule has 86 valence electrons. The lowest BCUT2D eigenvalue weighted by atomic mass is 10.1. The zero-order chi connectivity index (χ0) is 12.5. The molecule has 0 spiro atoms. The van der Waals surface area contributed by atoms with Gasteiger partial charge in [0.15, 0.2) is 5.76 Å². The molecule has 1 aromatic carbocycles. The minimum Gasteiger partial charge on any atom is -0.568 e. The van der Waals surface area contributed by atoms with Crippen molar-refractivity contribution >= 4 is 31.2 Å². The second kappa shape index (κ2) is 4.35. The van der Waals surface area contributed by atoms with Crippen molar-refractivity contribution in [2.75, 3.05) is 0 Å². The largest absolute Gasteiger partial charge is 0.568 e. The fourth-order valence-corrected chi connectivity index (χ4v) is 2.39. The Morgan fingerprint density at radius 2 is 2.22 bits per heavy atom. The van der Waals surface area contributed by atoms with Gasteiger partial charge in [-0.3, -0.25) is 4.79 Å². The van der Waals surface area contributed by atoms with E-state index in [9.17, 15) is 4.79 Å². The molecule has 0 saturated carbocycles. The SMILES string of the molecule is [B]Oc1ccc2c(c1)O/C(=C\c1cccs1)C2=O. The van der Waals surface area contributed by atoms with Crippen LogP contribution in [0.2, 0.25) is 0 Å². The average molecular weight is 254 g/mol. The van der Waals surface area contributed by atoms with E-state index in [1.54, 1.807) is 35.6 Å². The number of carbonyl (C=O) groups excluding carboxylic acids is 1. The molecule has 0 aliphatic carbocycles. The molecule has 2 radical (unpaired) electrons. The Morgan fingerprint density at radius 3 is 2.94 bits per heavy atom. The van der Waals surface area contributed by atoms with Crippen molar-refractivity contribution in [3.8, 4) is 11.5 Å². The number of hydrogen-bond acceptors (Lipinski definition) is 4. The second-order valence-corrected chi connectivity index (χ2v) is 4.71. The molecule has 1 aliphatic heterocycles. The van der Waals surface area contributed by atoms with Gasteiger partial charge >= 0.3 is 8.05 Å². The number of rotatable bonds is 2. The first-order valence-electron chi connectivity index (χ1n) is 5.26. The number of hydrogen-bond donors (Lipinski definition) is 0. The first-order chi connectivity index (χ1) is 8.78. The van der Waals surface area contributed by atoms with E-state index < -0.39 is 0 Å². The molecule has 0 amide bonds. The molecule has 0 fully saturated rings. The third-order valence-electron chi connectivity index (χ3n) is 2.59. The highest BCUT2D eigenvalue weighted by molar-refractivity contribution is 7.10. The van der Waals surface area contributed by atoms with Gasteiger partial charge in [-0.15, -0.1) is 11.3 Å². The molecule has 0 bridgehead atoms. The topological polar surface area (TPSA) is 35.5 Å². The molecule has 0 unspecified atom stereocenters. The van der Waals surface area contributed by atoms with Crippen LogP contribution in [0.3, 0.4) is 0 Å². The van der Waals surface area contributed by atoms with Gasteiger partial charge in [-0.05, 0) is 23.6 Å². The molecule has 18 heavy (non-hydrogen) atoms. The molecule has 3 rings (SSSR count). The second-order valence-electron chi connectivity index (χ2n) is 3.73. The van der Waals surface area contributed by atoms with Crippen LogP contribution in [0.1, 0.15) is 15.2 Å². The molecule has 2 heterocycles. The van der Waals surface area contributed by atoms with Crippen LogP contribution >= 0.6 is 11.3 Å². The Balaban J connectivity index is 1.98. The van der Waals surface area contributed by atoms with Crippen LogP contribution in [0.25, 0.3) is 6.08 Å². The van der Waals surface area contributed by atoms with Gasteiger partial charge in [-0.25, -0.2) is 0 Å². The smallest absolute Gasteiger partial charge is 0.374 e. The molecule has 0 saturated heterocycles. The number of allylic oxidation sites excluding steroid dienone is 1. The third-order valence-corrected chi connectivity index (χ3v) is 3.41. The zero-order valence-corrected chi connectivity index (χ0v) is 10.1. The van der Waals surface area contributed by atoms with Gasteiger partial charge in [0.05, 0.1) is 5.56 Å². The normalized spacial score (nSPS) is 15.6. The Kier molecular flexibility index (Phi) is 2.68. The average Bonchev–Trinajstić information content (AvgIpc) is 2.99. The van der Waals surface area contributed by atoms with Crippen LogP contribution < -0.4 is 9.39 Å². The number of fused-ring (bicyclic) bond motifs is 1. The molecular weight excluding hydrogens is 247 g/mol. The third kappa shape index (κ3) is 1.82. The maximum atomic E-state index is 12.1. The summed E-state index contributed by atoms with van der Waals surface area (Å²) in [5, 5.41) is 1.94. The quantitative estimate of drug-likeness (QED) is 0.610. The van der Waals surface area contributed by atoms with Gasteiger partial charge in [0.1, 0.15) is 11.5 Å². The molecule has 1 aromatic heterocycles. The first kappa shape index (κ1) is 11.1. The number of thiophene rings is 1. The molecule has 0 N–H and O–H groups in total. The van der Waals surface area contributed by atoms with Crippen LogP contribution in [-0.4, -0.2) is 13.8 Å². The van der Waals surface area contributed by atoms with Crippen LogP contribution in [0.4, 0.5) is 0 Å².